The van der Waals surface area contributed by atoms with Crippen molar-refractivity contribution < 1.29 is 4.74 Å². The third-order valence-electron chi connectivity index (χ3n) is 4.06. The summed E-state index contributed by atoms with van der Waals surface area (Å²) in [6, 6.07) is 0. The molecule has 0 aromatic carbocycles. The monoisotopic (exact) mass is 262 g/mol. The Kier molecular flexibility index (Phi) is 7.15. The zero-order chi connectivity index (χ0) is 14.3. The van der Waals surface area contributed by atoms with Gasteiger partial charge in [-0.15, -0.1) is 0 Å². The first-order valence-electron chi connectivity index (χ1n) is 7.83. The fraction of sp³-hybridized carbons (Fsp3) is 0.667. The first kappa shape index (κ1) is 16.2. The molecule has 19 heavy (non-hydrogen) atoms. The highest BCUT2D eigenvalue weighted by Crippen LogP contribution is 2.33. The summed E-state index contributed by atoms with van der Waals surface area (Å²) in [5.74, 6) is 0. The maximum atomic E-state index is 5.83. The van der Waals surface area contributed by atoms with Crippen molar-refractivity contribution in [3.05, 3.63) is 34.9 Å². The molecule has 1 rings (SSSR count). The summed E-state index contributed by atoms with van der Waals surface area (Å²) in [6.45, 7) is 13.9. The maximum Gasteiger partial charge on any atom is 0.0768 e. The summed E-state index contributed by atoms with van der Waals surface area (Å²) in [6.07, 6.45) is 9.78. The Hall–Kier alpha value is -0.820. The normalized spacial score (nSPS) is 20.2. The highest BCUT2D eigenvalue weighted by atomic mass is 16.5. The van der Waals surface area contributed by atoms with Gasteiger partial charge in [-0.2, -0.15) is 0 Å². The van der Waals surface area contributed by atoms with Crippen molar-refractivity contribution in [3.63, 3.8) is 0 Å². The summed E-state index contributed by atoms with van der Waals surface area (Å²) in [5, 5.41) is 0. The van der Waals surface area contributed by atoms with Crippen LogP contribution in [0.2, 0.25) is 0 Å². The van der Waals surface area contributed by atoms with Crippen LogP contribution >= 0.6 is 0 Å². The molecule has 108 valence electrons. The number of hydrogen-bond donors (Lipinski definition) is 0. The topological polar surface area (TPSA) is 9.23 Å². The van der Waals surface area contributed by atoms with Crippen molar-refractivity contribution in [1.82, 2.24) is 0 Å². The number of allylic oxidation sites excluding steroid dienone is 2. The Morgan fingerprint density at radius 3 is 2.58 bits per heavy atom. The smallest absolute Gasteiger partial charge is 0.0768 e. The minimum atomic E-state index is 0.280. The van der Waals surface area contributed by atoms with Crippen molar-refractivity contribution in [2.24, 2.45) is 0 Å². The van der Waals surface area contributed by atoms with E-state index < -0.39 is 0 Å². The Morgan fingerprint density at radius 2 is 2.00 bits per heavy atom. The summed E-state index contributed by atoms with van der Waals surface area (Å²) in [4.78, 5) is 0. The first-order chi connectivity index (χ1) is 9.15. The summed E-state index contributed by atoms with van der Waals surface area (Å²) >= 11 is 0. The molecule has 0 bridgehead atoms. The second kappa shape index (κ2) is 8.37. The molecule has 0 N–H and O–H groups in total. The molecule has 0 aromatic heterocycles. The lowest BCUT2D eigenvalue weighted by atomic mass is 9.90. The average Bonchev–Trinajstić information content (AvgIpc) is 2.78. The maximum absolute atomic E-state index is 5.83. The number of ether oxygens (including phenoxy) is 1. The largest absolute Gasteiger partial charge is 0.369 e. The van der Waals surface area contributed by atoms with Crippen LogP contribution in [0, 0.1) is 0 Å². The summed E-state index contributed by atoms with van der Waals surface area (Å²) < 4.78 is 5.83. The van der Waals surface area contributed by atoms with Crippen LogP contribution in [0.25, 0.3) is 0 Å². The van der Waals surface area contributed by atoms with E-state index in [1.54, 1.807) is 0 Å². The number of unbranched alkanes of at least 4 members (excludes halogenated alkanes) is 2. The predicted octanol–water partition coefficient (Wildman–Crippen LogP) is 5.58. The molecule has 1 heteroatoms. The quantitative estimate of drug-likeness (QED) is 0.518. The van der Waals surface area contributed by atoms with Crippen molar-refractivity contribution in [2.75, 3.05) is 6.61 Å². The van der Waals surface area contributed by atoms with E-state index in [1.807, 2.05) is 0 Å². The Labute approximate surface area is 119 Å². The van der Waals surface area contributed by atoms with Crippen LogP contribution in [0.4, 0.5) is 0 Å². The van der Waals surface area contributed by atoms with Gasteiger partial charge in [-0.1, -0.05) is 39.3 Å². The third kappa shape index (κ3) is 4.35. The van der Waals surface area contributed by atoms with E-state index in [4.69, 9.17) is 4.74 Å². The molecule has 0 unspecified atom stereocenters. The average molecular weight is 262 g/mol. The molecule has 0 saturated carbocycles. The Balaban J connectivity index is 2.84. The van der Waals surface area contributed by atoms with Gasteiger partial charge in [0.25, 0.3) is 0 Å². The van der Waals surface area contributed by atoms with E-state index in [-0.39, 0.29) is 6.10 Å². The summed E-state index contributed by atoms with van der Waals surface area (Å²) in [7, 11) is 0. The van der Waals surface area contributed by atoms with Crippen LogP contribution in [0.15, 0.2) is 34.9 Å². The van der Waals surface area contributed by atoms with Gasteiger partial charge in [0.15, 0.2) is 0 Å². The van der Waals surface area contributed by atoms with Crippen LogP contribution in [0.1, 0.15) is 66.2 Å². The fourth-order valence-corrected chi connectivity index (χ4v) is 2.68. The highest BCUT2D eigenvalue weighted by Gasteiger charge is 2.24. The van der Waals surface area contributed by atoms with Gasteiger partial charge >= 0.3 is 0 Å². The van der Waals surface area contributed by atoms with Crippen molar-refractivity contribution >= 4 is 0 Å². The third-order valence-corrected chi connectivity index (χ3v) is 4.06. The molecule has 1 heterocycles. The van der Waals surface area contributed by atoms with E-state index in [9.17, 15) is 0 Å². The lowest BCUT2D eigenvalue weighted by molar-refractivity contribution is 0.132. The van der Waals surface area contributed by atoms with Crippen LogP contribution in [-0.2, 0) is 4.74 Å². The van der Waals surface area contributed by atoms with Crippen molar-refractivity contribution in [3.8, 4) is 0 Å². The molecular weight excluding hydrogens is 232 g/mol. The van der Waals surface area contributed by atoms with Gasteiger partial charge in [-0.05, 0) is 61.8 Å². The van der Waals surface area contributed by atoms with E-state index in [2.05, 4.69) is 40.3 Å². The first-order valence-corrected chi connectivity index (χ1v) is 7.83. The SMILES string of the molecule is C=C(C1=C(CCCC)[C@H](C)OC1)/C(=C\C)CCCC. The molecule has 0 aromatic rings. The van der Waals surface area contributed by atoms with Crippen LogP contribution in [0.5, 0.6) is 0 Å². The van der Waals surface area contributed by atoms with Crippen LogP contribution < -0.4 is 0 Å². The van der Waals surface area contributed by atoms with E-state index in [0.717, 1.165) is 19.4 Å². The lowest BCUT2D eigenvalue weighted by Crippen LogP contribution is -2.03. The molecule has 0 fully saturated rings. The van der Waals surface area contributed by atoms with Gasteiger partial charge in [0.2, 0.25) is 0 Å². The van der Waals surface area contributed by atoms with Gasteiger partial charge in [0.1, 0.15) is 0 Å². The molecular formula is C18H30O. The second-order valence-electron chi connectivity index (χ2n) is 5.46. The van der Waals surface area contributed by atoms with E-state index in [0.29, 0.717) is 0 Å². The van der Waals surface area contributed by atoms with Crippen LogP contribution in [0.3, 0.4) is 0 Å². The Bertz CT molecular complexity index is 360. The molecule has 1 aliphatic heterocycles. The molecule has 0 amide bonds. The molecule has 0 radical (unpaired) electrons. The van der Waals surface area contributed by atoms with Crippen molar-refractivity contribution in [2.45, 2.75) is 72.3 Å². The molecule has 1 nitrogen and oxygen atoms in total. The lowest BCUT2D eigenvalue weighted by Gasteiger charge is -2.14. The van der Waals surface area contributed by atoms with Gasteiger partial charge in [-0.25, -0.2) is 0 Å². The molecule has 1 aliphatic rings. The zero-order valence-corrected chi connectivity index (χ0v) is 13.2. The number of hydrogen-bond acceptors (Lipinski definition) is 1. The van der Waals surface area contributed by atoms with Gasteiger partial charge < -0.3 is 4.74 Å². The molecule has 1 atom stereocenters. The standard InChI is InChI=1S/C18H30O/c1-6-9-11-16(8-3)14(4)18-13-19-15(5)17(18)12-10-7-2/h8,15H,4,6-7,9-13H2,1-3,5H3/b16-8-/t15-/m0/s1. The fourth-order valence-electron chi connectivity index (χ4n) is 2.68. The molecule has 0 saturated heterocycles. The predicted molar refractivity (Wildman–Crippen MR) is 84.4 cm³/mol. The van der Waals surface area contributed by atoms with Crippen LogP contribution in [-0.4, -0.2) is 12.7 Å². The van der Waals surface area contributed by atoms with E-state index >= 15 is 0 Å². The molecule has 0 spiro atoms. The van der Waals surface area contributed by atoms with Crippen molar-refractivity contribution in [1.29, 1.82) is 0 Å². The second-order valence-corrected chi connectivity index (χ2v) is 5.46. The molecule has 0 aliphatic carbocycles. The zero-order valence-electron chi connectivity index (χ0n) is 13.2. The van der Waals surface area contributed by atoms with E-state index in [1.165, 1.54) is 48.0 Å². The minimum absolute atomic E-state index is 0.280. The number of rotatable bonds is 8. The highest BCUT2D eigenvalue weighted by molar-refractivity contribution is 5.49. The Morgan fingerprint density at radius 1 is 1.32 bits per heavy atom. The van der Waals surface area contributed by atoms with Gasteiger partial charge in [0.05, 0.1) is 12.7 Å². The minimum Gasteiger partial charge on any atom is -0.369 e. The van der Waals surface area contributed by atoms with Gasteiger partial charge in [-0.3, -0.25) is 0 Å². The summed E-state index contributed by atoms with van der Waals surface area (Å²) in [5.41, 5.74) is 5.50. The van der Waals surface area contributed by atoms with Gasteiger partial charge in [0, 0.05) is 0 Å².